The van der Waals surface area contributed by atoms with Gasteiger partial charge in [0, 0.05) is 6.92 Å². The zero-order valence-electron chi connectivity index (χ0n) is 71.6. The van der Waals surface area contributed by atoms with Gasteiger partial charge < -0.3 is 207 Å². The van der Waals surface area contributed by atoms with Gasteiger partial charge in [-0.1, -0.05) is 53.2 Å². The SMILES string of the molecule is CC(=O)O[C@@H]1C(C)O[C@H](OC(=O)[C@]23CCC(C)(C)CC2C2=CCC4C5(C)CC[C@H](O[C@@H]6O[CH][C@H](O)[C@H](O[C@@H]7OC[C@H](O)[C@H](O)C7O)C6O[C@@H]6OC(CO)[C@H](O)[C@H](O)C6O)[C@](C)(C=O)[C@@H]5CC[C@]4(C)[C@]2(C)CC3O)[C@H](O[C@H]2OC(C)[C@@H](O[C@H]3OC[C@@H](O)C(O[C@H]4OC[C@@](O)(CO)C4O)[C@H]3O)C(O[C@H]3OC(CO)[C@@H](O)C(O)[C@H]3O)[C@@H]2O)C1O[C@@H]1OC(C)[C@H](O)[C@@H](O)C1O. The maximum Gasteiger partial charge on any atom is 0.317 e. The lowest BCUT2D eigenvalue weighted by atomic mass is 9.33. The van der Waals surface area contributed by atoms with E-state index in [9.17, 15) is 122 Å². The Labute approximate surface area is 725 Å². The Morgan fingerprint density at radius 1 is 0.468 bits per heavy atom. The molecule has 9 saturated heterocycles. The largest absolute Gasteiger partial charge is 0.457 e. The van der Waals surface area contributed by atoms with Gasteiger partial charge in [0.15, 0.2) is 62.5 Å². The minimum absolute atomic E-state index is 0.00232. The summed E-state index contributed by atoms with van der Waals surface area (Å²) in [5, 5.41) is 246. The Morgan fingerprint density at radius 3 is 1.59 bits per heavy atom. The van der Waals surface area contributed by atoms with Crippen molar-refractivity contribution in [1.29, 1.82) is 0 Å². The van der Waals surface area contributed by atoms with Gasteiger partial charge in [-0.15, -0.1) is 0 Å². The molecule has 14 aliphatic rings. The normalized spacial score (nSPS) is 54.6. The maximum atomic E-state index is 16.6. The minimum atomic E-state index is -2.34. The van der Waals surface area contributed by atoms with E-state index in [1.165, 1.54) is 20.8 Å². The van der Waals surface area contributed by atoms with Crippen LogP contribution in [-0.2, 0) is 104 Å². The lowest BCUT2D eigenvalue weighted by Crippen LogP contribution is -2.69. The number of rotatable bonds is 23. The van der Waals surface area contributed by atoms with Gasteiger partial charge in [0.2, 0.25) is 6.29 Å². The molecule has 1 radical (unpaired) electrons. The Bertz CT molecular complexity index is 3740. The number of aldehydes is 1. The summed E-state index contributed by atoms with van der Waals surface area (Å²) in [4.78, 5) is 44.4. The van der Waals surface area contributed by atoms with E-state index >= 15 is 4.79 Å². The number of hydrogen-bond donors (Lipinski definition) is 22. The van der Waals surface area contributed by atoms with Crippen molar-refractivity contribution in [2.75, 3.05) is 39.6 Å². The molecule has 14 rings (SSSR count). The molecule has 721 valence electrons. The van der Waals surface area contributed by atoms with E-state index in [2.05, 4.69) is 26.8 Å². The molecule has 0 aromatic rings. The van der Waals surface area contributed by atoms with Gasteiger partial charge in [-0.3, -0.25) is 9.59 Å². The van der Waals surface area contributed by atoms with Gasteiger partial charge in [0.25, 0.3) is 0 Å². The van der Waals surface area contributed by atoms with Crippen molar-refractivity contribution in [1.82, 2.24) is 0 Å². The summed E-state index contributed by atoms with van der Waals surface area (Å²) in [6.45, 7) is 13.6. The topological polar surface area (TPSA) is 672 Å². The molecular formula is C82H129O44. The second-order valence-corrected chi connectivity index (χ2v) is 38.8. The molecule has 0 spiro atoms. The van der Waals surface area contributed by atoms with Crippen molar-refractivity contribution in [2.24, 2.45) is 50.2 Å². The van der Waals surface area contributed by atoms with Gasteiger partial charge in [-0.2, -0.15) is 0 Å². The lowest BCUT2D eigenvalue weighted by Gasteiger charge is -2.71. The highest BCUT2D eigenvalue weighted by Crippen LogP contribution is 2.76. The summed E-state index contributed by atoms with van der Waals surface area (Å²) in [7, 11) is 0. The van der Waals surface area contributed by atoms with Gasteiger partial charge >= 0.3 is 11.9 Å². The van der Waals surface area contributed by atoms with Crippen molar-refractivity contribution in [3.63, 3.8) is 0 Å². The molecule has 0 amide bonds. The molecule has 0 aromatic heterocycles. The number of hydrogen-bond acceptors (Lipinski definition) is 44. The number of allylic oxidation sites excluding steroid dienone is 2. The molecule has 5 aliphatic carbocycles. The minimum Gasteiger partial charge on any atom is -0.457 e. The Balaban J connectivity index is 0.772. The van der Waals surface area contributed by atoms with Crippen LogP contribution in [0.1, 0.15) is 127 Å². The number of fused-ring (bicyclic) bond motifs is 7. The molecular weight excluding hydrogens is 1690 g/mol. The van der Waals surface area contributed by atoms with Crippen molar-refractivity contribution in [2.45, 2.75) is 385 Å². The Kier molecular flexibility index (Phi) is 29.6. The van der Waals surface area contributed by atoms with Crippen LogP contribution in [0, 0.1) is 56.9 Å². The predicted molar refractivity (Wildman–Crippen MR) is 408 cm³/mol. The van der Waals surface area contributed by atoms with Crippen molar-refractivity contribution in [3.05, 3.63) is 18.3 Å². The van der Waals surface area contributed by atoms with E-state index in [4.69, 9.17) is 90.0 Å². The van der Waals surface area contributed by atoms with Crippen LogP contribution in [0.25, 0.3) is 0 Å². The molecule has 44 heteroatoms. The fourth-order valence-electron chi connectivity index (χ4n) is 22.8. The molecule has 22 N–H and O–H groups in total. The summed E-state index contributed by atoms with van der Waals surface area (Å²) < 4.78 is 117. The maximum absolute atomic E-state index is 16.6. The lowest BCUT2D eigenvalue weighted by molar-refractivity contribution is -0.404. The molecule has 50 atom stereocenters. The fourth-order valence-corrected chi connectivity index (χ4v) is 22.8. The summed E-state index contributed by atoms with van der Waals surface area (Å²) >= 11 is 0. The molecule has 9 aliphatic heterocycles. The standard InChI is InChI=1S/C82H129O44/c1-29-44(92)48(96)52(100)68(112-29)123-62-58(115-32(4)87)31(3)114-73(64(62)125-71-56(104)61(122-69-53(101)49(97)46(94)38(21-83)116-69)57(30(2)113-71)119-67-55(103)59(36(89)24-109-67)120-74-65(105)81(107,27-86)28-111-74)126-75(106)82-18-17-76(5,6)19-34(82)33-11-12-41-77(7)15-14-43(78(8,26-85)40(77)13-16-79(41,9)80(33,10)20-42(82)91)118-72-63(124-70-54(102)50(98)47(95)39(22-84)117-70)60(37(90)25-110-72)121-66-51(99)45(93)35(88)23-108-66/h11,25-26,29-31,34-74,83-84,86,88-105,107H,12-24,27-28H2,1-10H3/t29?,30?,31?,34?,35-,36+,37-,38?,39?,40+,41?,42?,43-,44-,45-,46+,47-,48+,49?,50-,51?,52?,53+,54?,55+,56-,57+,58+,59?,60-,61?,62?,63?,64+,65?,66-,67+,68-,69+,70-,71+,72-,73+,74+,77?,78+,79-,80+,81-,82+/m0/s1. The quantitative estimate of drug-likeness (QED) is 0.0195. The van der Waals surface area contributed by atoms with E-state index < -0.39 is 353 Å². The third-order valence-corrected chi connectivity index (χ3v) is 30.6. The number of aliphatic hydroxyl groups excluding tert-OH is 21. The second kappa shape index (κ2) is 37.8. The van der Waals surface area contributed by atoms with Crippen molar-refractivity contribution >= 4 is 18.2 Å². The van der Waals surface area contributed by atoms with Gasteiger partial charge in [-0.05, 0) is 118 Å². The van der Waals surface area contributed by atoms with Crippen LogP contribution < -0.4 is 0 Å². The average Bonchev–Trinajstić information content (AvgIpc) is 0.781. The number of ether oxygens (including phenoxy) is 19. The number of carbonyl (C=O) groups is 3. The summed E-state index contributed by atoms with van der Waals surface area (Å²) in [6, 6.07) is 0. The van der Waals surface area contributed by atoms with Crippen LogP contribution >= 0.6 is 0 Å². The van der Waals surface area contributed by atoms with E-state index in [0.717, 1.165) is 25.4 Å². The second-order valence-electron chi connectivity index (χ2n) is 38.8. The van der Waals surface area contributed by atoms with Crippen molar-refractivity contribution < 1.29 is 217 Å². The highest BCUT2D eigenvalue weighted by Gasteiger charge is 2.74. The van der Waals surface area contributed by atoms with Crippen LogP contribution in [0.4, 0.5) is 0 Å². The highest BCUT2D eigenvalue weighted by atomic mass is 16.8. The Hall–Kier alpha value is -3.21. The summed E-state index contributed by atoms with van der Waals surface area (Å²) in [6.07, 6.45) is -69.5. The first kappa shape index (κ1) is 98.8. The van der Waals surface area contributed by atoms with E-state index in [0.29, 0.717) is 38.5 Å². The summed E-state index contributed by atoms with van der Waals surface area (Å²) in [5.74, 6) is -3.54. The molecule has 4 saturated carbocycles. The molecule has 0 aromatic carbocycles. The Morgan fingerprint density at radius 2 is 0.984 bits per heavy atom. The van der Waals surface area contributed by atoms with E-state index in [1.807, 2.05) is 13.8 Å². The van der Waals surface area contributed by atoms with Gasteiger partial charge in [0.1, 0.15) is 177 Å². The third-order valence-electron chi connectivity index (χ3n) is 30.6. The average molecular weight is 1820 g/mol. The molecule has 9 heterocycles. The predicted octanol–water partition coefficient (Wildman–Crippen LogP) is -8.39. The molecule has 0 bridgehead atoms. The molecule has 126 heavy (non-hydrogen) atoms. The highest BCUT2D eigenvalue weighted by molar-refractivity contribution is 5.80. The van der Waals surface area contributed by atoms with E-state index in [-0.39, 0.29) is 25.2 Å². The zero-order valence-corrected chi connectivity index (χ0v) is 71.6. The van der Waals surface area contributed by atoms with Gasteiger partial charge in [-0.25, -0.2) is 0 Å². The first-order valence-corrected chi connectivity index (χ1v) is 43.4. The zero-order chi connectivity index (χ0) is 91.8. The number of esters is 2. The van der Waals surface area contributed by atoms with E-state index in [1.54, 1.807) is 6.92 Å². The first-order valence-electron chi connectivity index (χ1n) is 43.4. The summed E-state index contributed by atoms with van der Waals surface area (Å²) in [5.41, 5.74) is -7.49. The fraction of sp³-hybridized carbons (Fsp3) is 0.927. The third kappa shape index (κ3) is 17.5. The van der Waals surface area contributed by atoms with Crippen LogP contribution in [0.2, 0.25) is 0 Å². The van der Waals surface area contributed by atoms with Crippen LogP contribution in [0.5, 0.6) is 0 Å². The number of aliphatic hydroxyl groups is 22. The van der Waals surface area contributed by atoms with Crippen LogP contribution in [0.3, 0.4) is 0 Å². The molecule has 13 fully saturated rings. The molecule has 18 unspecified atom stereocenters. The van der Waals surface area contributed by atoms with Crippen molar-refractivity contribution in [3.8, 4) is 0 Å². The van der Waals surface area contributed by atoms with Crippen LogP contribution in [0.15, 0.2) is 11.6 Å². The first-order chi connectivity index (χ1) is 59.2. The number of carbonyl (C=O) groups excluding carboxylic acids is 3. The smallest absolute Gasteiger partial charge is 0.317 e. The monoisotopic (exact) mass is 1820 g/mol. The van der Waals surface area contributed by atoms with Crippen LogP contribution in [-0.4, -0.2) is 428 Å². The van der Waals surface area contributed by atoms with Gasteiger partial charge in [0.05, 0.1) is 75.6 Å². The molecule has 44 nitrogen and oxygen atoms in total.